The standard InChI is InChI=1S/C16H15ClO3/c17-14-10-13(16-18-8-9-19-16)6-7-15(14)20-11-12-4-2-1-3-5-12/h1-7,10,16H,8-9,11H2. The van der Waals surface area contributed by atoms with Crippen molar-refractivity contribution in [2.24, 2.45) is 0 Å². The van der Waals surface area contributed by atoms with Crippen LogP contribution in [0, 0.1) is 0 Å². The summed E-state index contributed by atoms with van der Waals surface area (Å²) < 4.78 is 16.6. The lowest BCUT2D eigenvalue weighted by molar-refractivity contribution is -0.0441. The van der Waals surface area contributed by atoms with E-state index in [0.29, 0.717) is 30.6 Å². The second-order valence-corrected chi connectivity index (χ2v) is 4.94. The van der Waals surface area contributed by atoms with Crippen LogP contribution >= 0.6 is 11.6 Å². The van der Waals surface area contributed by atoms with Crippen molar-refractivity contribution in [3.05, 3.63) is 64.7 Å². The summed E-state index contributed by atoms with van der Waals surface area (Å²) in [4.78, 5) is 0. The molecule has 2 aromatic carbocycles. The molecular weight excluding hydrogens is 276 g/mol. The lowest BCUT2D eigenvalue weighted by Crippen LogP contribution is -2.00. The fraction of sp³-hybridized carbons (Fsp3) is 0.250. The van der Waals surface area contributed by atoms with Gasteiger partial charge in [0.1, 0.15) is 12.4 Å². The molecule has 1 saturated heterocycles. The minimum atomic E-state index is -0.310. The Kier molecular flexibility index (Phi) is 4.21. The summed E-state index contributed by atoms with van der Waals surface area (Å²) in [6.45, 7) is 1.74. The van der Waals surface area contributed by atoms with E-state index in [0.717, 1.165) is 11.1 Å². The van der Waals surface area contributed by atoms with Gasteiger partial charge >= 0.3 is 0 Å². The maximum atomic E-state index is 6.24. The first kappa shape index (κ1) is 13.4. The average molecular weight is 291 g/mol. The largest absolute Gasteiger partial charge is 0.487 e. The lowest BCUT2D eigenvalue weighted by atomic mass is 10.2. The average Bonchev–Trinajstić information content (AvgIpc) is 3.01. The SMILES string of the molecule is Clc1cc(C2OCCO2)ccc1OCc1ccccc1. The van der Waals surface area contributed by atoms with E-state index in [1.54, 1.807) is 0 Å². The monoisotopic (exact) mass is 290 g/mol. The third kappa shape index (κ3) is 3.12. The van der Waals surface area contributed by atoms with Crippen LogP contribution in [-0.2, 0) is 16.1 Å². The molecule has 20 heavy (non-hydrogen) atoms. The molecule has 0 saturated carbocycles. The van der Waals surface area contributed by atoms with E-state index in [1.165, 1.54) is 0 Å². The van der Waals surface area contributed by atoms with Crippen molar-refractivity contribution in [3.8, 4) is 5.75 Å². The molecular formula is C16H15ClO3. The van der Waals surface area contributed by atoms with Gasteiger partial charge in [-0.2, -0.15) is 0 Å². The zero-order valence-electron chi connectivity index (χ0n) is 10.9. The molecule has 1 aliphatic heterocycles. The Morgan fingerprint density at radius 2 is 1.80 bits per heavy atom. The first-order valence-electron chi connectivity index (χ1n) is 6.52. The normalized spacial score (nSPS) is 15.4. The fourth-order valence-electron chi connectivity index (χ4n) is 2.07. The molecule has 4 heteroatoms. The topological polar surface area (TPSA) is 27.7 Å². The highest BCUT2D eigenvalue weighted by molar-refractivity contribution is 6.32. The molecule has 0 bridgehead atoms. The van der Waals surface area contributed by atoms with E-state index in [9.17, 15) is 0 Å². The lowest BCUT2D eigenvalue weighted by Gasteiger charge is -2.12. The maximum Gasteiger partial charge on any atom is 0.184 e. The van der Waals surface area contributed by atoms with Crippen LogP contribution in [0.2, 0.25) is 5.02 Å². The van der Waals surface area contributed by atoms with Crippen molar-refractivity contribution in [2.45, 2.75) is 12.9 Å². The molecule has 0 aliphatic carbocycles. The number of ether oxygens (including phenoxy) is 3. The van der Waals surface area contributed by atoms with E-state index >= 15 is 0 Å². The Bertz CT molecular complexity index is 565. The summed E-state index contributed by atoms with van der Waals surface area (Å²) in [6.07, 6.45) is -0.310. The predicted molar refractivity (Wildman–Crippen MR) is 76.9 cm³/mol. The van der Waals surface area contributed by atoms with Crippen LogP contribution in [-0.4, -0.2) is 13.2 Å². The summed E-state index contributed by atoms with van der Waals surface area (Å²) in [6, 6.07) is 15.6. The van der Waals surface area contributed by atoms with E-state index in [4.69, 9.17) is 25.8 Å². The summed E-state index contributed by atoms with van der Waals surface area (Å²) in [5.74, 6) is 0.664. The van der Waals surface area contributed by atoms with Crippen LogP contribution in [0.5, 0.6) is 5.75 Å². The van der Waals surface area contributed by atoms with Crippen LogP contribution < -0.4 is 4.74 Å². The Labute approximate surface area is 123 Å². The second kappa shape index (κ2) is 6.27. The van der Waals surface area contributed by atoms with E-state index in [2.05, 4.69) is 0 Å². The van der Waals surface area contributed by atoms with Crippen molar-refractivity contribution in [2.75, 3.05) is 13.2 Å². The minimum absolute atomic E-state index is 0.310. The molecule has 2 aromatic rings. The van der Waals surface area contributed by atoms with Gasteiger partial charge in [0.25, 0.3) is 0 Å². The van der Waals surface area contributed by atoms with Crippen molar-refractivity contribution >= 4 is 11.6 Å². The molecule has 0 unspecified atom stereocenters. The van der Waals surface area contributed by atoms with Crippen LogP contribution in [0.3, 0.4) is 0 Å². The molecule has 1 heterocycles. The summed E-state index contributed by atoms with van der Waals surface area (Å²) >= 11 is 6.24. The smallest absolute Gasteiger partial charge is 0.184 e. The third-order valence-corrected chi connectivity index (χ3v) is 3.38. The molecule has 0 atom stereocenters. The summed E-state index contributed by atoms with van der Waals surface area (Å²) in [5, 5.41) is 0.567. The van der Waals surface area contributed by atoms with E-state index in [1.807, 2.05) is 48.5 Å². The fourth-order valence-corrected chi connectivity index (χ4v) is 2.31. The molecule has 0 amide bonds. The highest BCUT2D eigenvalue weighted by Gasteiger charge is 2.19. The minimum Gasteiger partial charge on any atom is -0.487 e. The molecule has 0 spiro atoms. The van der Waals surface area contributed by atoms with Crippen molar-refractivity contribution in [1.82, 2.24) is 0 Å². The van der Waals surface area contributed by atoms with E-state index < -0.39 is 0 Å². The van der Waals surface area contributed by atoms with Gasteiger partial charge in [-0.05, 0) is 17.7 Å². The van der Waals surface area contributed by atoms with Gasteiger partial charge in [-0.1, -0.05) is 48.0 Å². The first-order valence-corrected chi connectivity index (χ1v) is 6.90. The van der Waals surface area contributed by atoms with Crippen LogP contribution in [0.1, 0.15) is 17.4 Å². The molecule has 0 N–H and O–H groups in total. The number of hydrogen-bond donors (Lipinski definition) is 0. The second-order valence-electron chi connectivity index (χ2n) is 4.54. The zero-order chi connectivity index (χ0) is 13.8. The Hall–Kier alpha value is -1.55. The van der Waals surface area contributed by atoms with Crippen molar-refractivity contribution in [3.63, 3.8) is 0 Å². The van der Waals surface area contributed by atoms with Gasteiger partial charge in [-0.25, -0.2) is 0 Å². The zero-order valence-corrected chi connectivity index (χ0v) is 11.7. The van der Waals surface area contributed by atoms with Gasteiger partial charge < -0.3 is 14.2 Å². The van der Waals surface area contributed by atoms with Gasteiger partial charge in [0.2, 0.25) is 0 Å². The summed E-state index contributed by atoms with van der Waals surface area (Å²) in [7, 11) is 0. The van der Waals surface area contributed by atoms with Crippen LogP contribution in [0.15, 0.2) is 48.5 Å². The quantitative estimate of drug-likeness (QED) is 0.853. The summed E-state index contributed by atoms with van der Waals surface area (Å²) in [5.41, 5.74) is 2.02. The highest BCUT2D eigenvalue weighted by atomic mass is 35.5. The third-order valence-electron chi connectivity index (χ3n) is 3.09. The number of rotatable bonds is 4. The molecule has 0 aromatic heterocycles. The molecule has 0 radical (unpaired) electrons. The van der Waals surface area contributed by atoms with Gasteiger partial charge in [-0.3, -0.25) is 0 Å². The van der Waals surface area contributed by atoms with Crippen molar-refractivity contribution in [1.29, 1.82) is 0 Å². The first-order chi connectivity index (χ1) is 9.83. The molecule has 104 valence electrons. The predicted octanol–water partition coefficient (Wildman–Crippen LogP) is 3.96. The van der Waals surface area contributed by atoms with Crippen LogP contribution in [0.4, 0.5) is 0 Å². The van der Waals surface area contributed by atoms with Crippen molar-refractivity contribution < 1.29 is 14.2 Å². The highest BCUT2D eigenvalue weighted by Crippen LogP contribution is 2.31. The number of halogens is 1. The Morgan fingerprint density at radius 1 is 1.05 bits per heavy atom. The molecule has 1 fully saturated rings. The molecule has 1 aliphatic rings. The Balaban J connectivity index is 1.68. The number of hydrogen-bond acceptors (Lipinski definition) is 3. The molecule has 3 nitrogen and oxygen atoms in total. The van der Waals surface area contributed by atoms with Gasteiger partial charge in [0, 0.05) is 5.56 Å². The van der Waals surface area contributed by atoms with Gasteiger partial charge in [-0.15, -0.1) is 0 Å². The van der Waals surface area contributed by atoms with E-state index in [-0.39, 0.29) is 6.29 Å². The molecule has 3 rings (SSSR count). The van der Waals surface area contributed by atoms with Crippen LogP contribution in [0.25, 0.3) is 0 Å². The van der Waals surface area contributed by atoms with Gasteiger partial charge in [0.15, 0.2) is 6.29 Å². The Morgan fingerprint density at radius 3 is 2.50 bits per heavy atom. The maximum absolute atomic E-state index is 6.24. The number of benzene rings is 2. The van der Waals surface area contributed by atoms with Gasteiger partial charge in [0.05, 0.1) is 18.2 Å².